The molecule has 4 aromatic rings. The molecular weight excluding hydrogens is 769 g/mol. The van der Waals surface area contributed by atoms with Crippen molar-refractivity contribution >= 4 is 33.8 Å². The first-order chi connectivity index (χ1) is 27.7. The fraction of sp³-hybridized carbons (Fsp3) is 0.450. The zero-order chi connectivity index (χ0) is 41.5. The highest BCUT2D eigenvalue weighted by molar-refractivity contribution is 7.91. The van der Waals surface area contributed by atoms with Crippen LogP contribution >= 0.6 is 0 Å². The molecule has 2 aromatic carbocycles. The summed E-state index contributed by atoms with van der Waals surface area (Å²) in [6, 6.07) is 7.50. The van der Waals surface area contributed by atoms with E-state index >= 15 is 0 Å². The molecule has 4 N–H and O–H groups in total. The van der Waals surface area contributed by atoms with Crippen LogP contribution in [0.15, 0.2) is 58.6 Å². The molecule has 3 aliphatic rings. The lowest BCUT2D eigenvalue weighted by molar-refractivity contribution is -0.136. The number of hydrogen-bond acceptors (Lipinski definition) is 11. The van der Waals surface area contributed by atoms with Gasteiger partial charge in [-0.1, -0.05) is 33.8 Å². The number of likely N-dealkylation sites (tertiary alicyclic amines) is 2. The fourth-order valence-corrected chi connectivity index (χ4v) is 9.38. The summed E-state index contributed by atoms with van der Waals surface area (Å²) in [6.45, 7) is 8.42. The van der Waals surface area contributed by atoms with Crippen LogP contribution in [0.4, 0.5) is 9.59 Å². The zero-order valence-corrected chi connectivity index (χ0v) is 34.0. The molecule has 18 heteroatoms. The number of carbonyl (C=O) groups excluding carboxylic acids is 4. The summed E-state index contributed by atoms with van der Waals surface area (Å²) < 4.78 is 43.8. The highest BCUT2D eigenvalue weighted by atomic mass is 32.2. The third-order valence-electron chi connectivity index (χ3n) is 11.0. The molecule has 3 aliphatic heterocycles. The number of nitrogens with one attached hydrogen (secondary N) is 4. The Morgan fingerprint density at radius 2 is 1.21 bits per heavy atom. The largest absolute Gasteiger partial charge is 0.455 e. The van der Waals surface area contributed by atoms with Crippen molar-refractivity contribution in [3.8, 4) is 34.0 Å². The zero-order valence-electron chi connectivity index (χ0n) is 33.2. The van der Waals surface area contributed by atoms with E-state index in [1.165, 1.54) is 20.3 Å². The Balaban J connectivity index is 1.08. The number of imidazole rings is 2. The highest BCUT2D eigenvalue weighted by Crippen LogP contribution is 2.45. The Morgan fingerprint density at radius 3 is 1.69 bits per heavy atom. The summed E-state index contributed by atoms with van der Waals surface area (Å²) in [5.41, 5.74) is 2.39. The second kappa shape index (κ2) is 16.2. The number of hydrogen-bond donors (Lipinski definition) is 4. The molecule has 2 fully saturated rings. The molecule has 2 aromatic heterocycles. The number of aromatic nitrogens is 4. The average molecular weight is 817 g/mol. The second-order valence-corrected chi connectivity index (χ2v) is 17.3. The van der Waals surface area contributed by atoms with E-state index in [-0.39, 0.29) is 57.0 Å². The number of amides is 4. The van der Waals surface area contributed by atoms with Gasteiger partial charge in [0.05, 0.1) is 50.1 Å². The molecule has 2 saturated heterocycles. The summed E-state index contributed by atoms with van der Waals surface area (Å²) in [7, 11) is -1.50. The Morgan fingerprint density at radius 1 is 0.724 bits per heavy atom. The van der Waals surface area contributed by atoms with Gasteiger partial charge in [-0.25, -0.2) is 28.0 Å². The van der Waals surface area contributed by atoms with E-state index in [0.29, 0.717) is 60.1 Å². The minimum Gasteiger partial charge on any atom is -0.455 e. The molecule has 0 bridgehead atoms. The first kappa shape index (κ1) is 40.3. The summed E-state index contributed by atoms with van der Waals surface area (Å²) >= 11 is 0. The summed E-state index contributed by atoms with van der Waals surface area (Å²) in [5, 5.41) is 5.30. The number of carbonyl (C=O) groups is 4. The van der Waals surface area contributed by atoms with Crippen molar-refractivity contribution < 1.29 is 41.8 Å². The standard InChI is InChI=1S/C40H48N8O9S/c1-21(2)33(45-39(51)55-5)37(49)47-15-7-9-27(47)35-41-19-25(43-35)23-12-14-31-30(17-23)57-29-13-11-24(18-32(29)58(31,53)54)26-20-42-36(44-26)28-10-8-16-48(28)38(50)34(22(3)4)46-40(52)56-6/h11-14,17-22,27-28,33-34H,7-10,15-16H2,1-6H3,(H,41,43)(H,42,44)(H,45,51)(H,46,52). The lowest BCUT2D eigenvalue weighted by atomic mass is 10.0. The maximum atomic E-state index is 14.1. The van der Waals surface area contributed by atoms with Gasteiger partial charge in [0.25, 0.3) is 0 Å². The van der Waals surface area contributed by atoms with E-state index < -0.39 is 34.1 Å². The third kappa shape index (κ3) is 7.59. The van der Waals surface area contributed by atoms with Gasteiger partial charge in [-0.15, -0.1) is 0 Å². The first-order valence-electron chi connectivity index (χ1n) is 19.3. The molecule has 0 radical (unpaired) electrons. The van der Waals surface area contributed by atoms with Gasteiger partial charge >= 0.3 is 12.2 Å². The van der Waals surface area contributed by atoms with Gasteiger partial charge in [0.15, 0.2) is 0 Å². The Bertz CT molecular complexity index is 2340. The number of benzene rings is 2. The van der Waals surface area contributed by atoms with Gasteiger partial charge in [-0.3, -0.25) is 9.59 Å². The summed E-state index contributed by atoms with van der Waals surface area (Å²) in [4.78, 5) is 70.4. The van der Waals surface area contributed by atoms with Crippen LogP contribution in [0, 0.1) is 11.8 Å². The fourth-order valence-electron chi connectivity index (χ4n) is 7.88. The van der Waals surface area contributed by atoms with Crippen LogP contribution in [0.5, 0.6) is 11.5 Å². The van der Waals surface area contributed by atoms with E-state index in [2.05, 4.69) is 30.6 Å². The van der Waals surface area contributed by atoms with E-state index in [0.717, 1.165) is 12.8 Å². The van der Waals surface area contributed by atoms with Gasteiger partial charge in [-0.05, 0) is 67.9 Å². The molecule has 7 rings (SSSR count). The first-order valence-corrected chi connectivity index (χ1v) is 20.8. The summed E-state index contributed by atoms with van der Waals surface area (Å²) in [5.74, 6) is 0.671. The molecule has 308 valence electrons. The van der Waals surface area contributed by atoms with E-state index in [1.807, 2.05) is 27.7 Å². The van der Waals surface area contributed by atoms with Crippen LogP contribution < -0.4 is 15.4 Å². The monoisotopic (exact) mass is 816 g/mol. The van der Waals surface area contributed by atoms with Gasteiger partial charge < -0.3 is 44.6 Å². The number of fused-ring (bicyclic) bond motifs is 2. The van der Waals surface area contributed by atoms with Crippen LogP contribution in [0.25, 0.3) is 22.5 Å². The number of rotatable bonds is 10. The third-order valence-corrected chi connectivity index (χ3v) is 12.8. The van der Waals surface area contributed by atoms with Gasteiger partial charge in [0.1, 0.15) is 45.0 Å². The quantitative estimate of drug-likeness (QED) is 0.138. The number of nitrogens with zero attached hydrogens (tertiary/aromatic N) is 4. The van der Waals surface area contributed by atoms with Crippen LogP contribution in [0.2, 0.25) is 0 Å². The Hall–Kier alpha value is -5.91. The number of methoxy groups -OCH3 is 2. The van der Waals surface area contributed by atoms with Crippen LogP contribution in [-0.2, 0) is 28.9 Å². The maximum absolute atomic E-state index is 14.1. The van der Waals surface area contributed by atoms with Crippen LogP contribution in [-0.4, -0.2) is 102 Å². The van der Waals surface area contributed by atoms with Gasteiger partial charge in [0, 0.05) is 24.2 Å². The van der Waals surface area contributed by atoms with Crippen molar-refractivity contribution in [3.05, 3.63) is 60.4 Å². The molecule has 5 heterocycles. The minimum absolute atomic E-state index is 0.00365. The van der Waals surface area contributed by atoms with Crippen molar-refractivity contribution in [2.75, 3.05) is 27.3 Å². The lowest BCUT2D eigenvalue weighted by Crippen LogP contribution is -2.51. The Kier molecular flexibility index (Phi) is 11.2. The van der Waals surface area contributed by atoms with Crippen molar-refractivity contribution in [2.24, 2.45) is 11.8 Å². The van der Waals surface area contributed by atoms with E-state index in [4.69, 9.17) is 14.2 Å². The molecule has 4 amide bonds. The number of H-pyrrole nitrogens is 2. The van der Waals surface area contributed by atoms with Gasteiger partial charge in [0.2, 0.25) is 21.7 Å². The molecule has 0 spiro atoms. The van der Waals surface area contributed by atoms with Gasteiger partial charge in [-0.2, -0.15) is 0 Å². The number of ether oxygens (including phenoxy) is 3. The molecule has 0 aliphatic carbocycles. The topological polar surface area (TPSA) is 218 Å². The number of alkyl carbamates (subject to hydrolysis) is 2. The molecular formula is C40H48N8O9S. The van der Waals surface area contributed by atoms with Crippen molar-refractivity contribution in [1.82, 2.24) is 40.4 Å². The number of sulfone groups is 1. The van der Waals surface area contributed by atoms with Crippen molar-refractivity contribution in [3.63, 3.8) is 0 Å². The average Bonchev–Trinajstić information content (AvgIpc) is 4.05. The van der Waals surface area contributed by atoms with Crippen molar-refractivity contribution in [2.45, 2.75) is 87.3 Å². The maximum Gasteiger partial charge on any atom is 0.407 e. The smallest absolute Gasteiger partial charge is 0.407 e. The van der Waals surface area contributed by atoms with E-state index in [1.54, 1.807) is 52.5 Å². The predicted molar refractivity (Wildman–Crippen MR) is 209 cm³/mol. The Labute approximate surface area is 336 Å². The molecule has 58 heavy (non-hydrogen) atoms. The number of aromatic amines is 2. The molecule has 17 nitrogen and oxygen atoms in total. The summed E-state index contributed by atoms with van der Waals surface area (Å²) in [6.07, 6.45) is 4.76. The minimum atomic E-state index is -4.01. The predicted octanol–water partition coefficient (Wildman–Crippen LogP) is 5.49. The lowest BCUT2D eigenvalue weighted by Gasteiger charge is -2.30. The van der Waals surface area contributed by atoms with E-state index in [9.17, 15) is 27.6 Å². The SMILES string of the molecule is COC(=O)NC(C(=O)N1CCCC1c1ncc(-c2ccc3c(c2)Oc2ccc(-c4cnc(C5CCCN5C(=O)C(NC(=O)OC)C(C)C)[nH]4)cc2S3(=O)=O)[nH]1)C(C)C. The molecule has 4 atom stereocenters. The second-order valence-electron chi connectivity index (χ2n) is 15.4. The molecule has 0 saturated carbocycles. The van der Waals surface area contributed by atoms with Crippen LogP contribution in [0.3, 0.4) is 0 Å². The van der Waals surface area contributed by atoms with Crippen molar-refractivity contribution in [1.29, 1.82) is 0 Å². The molecule has 4 unspecified atom stereocenters. The highest BCUT2D eigenvalue weighted by Gasteiger charge is 2.39. The van der Waals surface area contributed by atoms with Crippen LogP contribution in [0.1, 0.15) is 77.1 Å². The normalized spacial score (nSPS) is 19.2.